The Morgan fingerprint density at radius 3 is 2.67 bits per heavy atom. The number of nitrogens with two attached hydrogens (primary N) is 1. The summed E-state index contributed by atoms with van der Waals surface area (Å²) in [5, 5.41) is 9.35. The van der Waals surface area contributed by atoms with Crippen molar-refractivity contribution in [3.8, 4) is 0 Å². The molecule has 0 bridgehead atoms. The molecule has 8 heteroatoms. The van der Waals surface area contributed by atoms with E-state index in [1.807, 2.05) is 13.8 Å². The van der Waals surface area contributed by atoms with E-state index in [-0.39, 0.29) is 24.1 Å². The Hall–Kier alpha value is -2.09. The molecule has 8 nitrogen and oxygen atoms in total. The van der Waals surface area contributed by atoms with E-state index in [0.29, 0.717) is 18.8 Å². The summed E-state index contributed by atoms with van der Waals surface area (Å²) in [5.41, 5.74) is 7.11. The topological polar surface area (TPSA) is 113 Å². The van der Waals surface area contributed by atoms with Crippen LogP contribution in [0.15, 0.2) is 0 Å². The molecule has 2 amide bonds. The molecule has 0 saturated carbocycles. The van der Waals surface area contributed by atoms with E-state index in [9.17, 15) is 9.59 Å². The van der Waals surface area contributed by atoms with Crippen LogP contribution in [0.25, 0.3) is 0 Å². The normalized spacial score (nSPS) is 10.7. The van der Waals surface area contributed by atoms with Crippen LogP contribution in [0.1, 0.15) is 35.9 Å². The number of nitrogens with zero attached hydrogens (tertiary/aromatic N) is 2. The molecule has 1 aromatic heterocycles. The molecule has 0 aliphatic rings. The summed E-state index contributed by atoms with van der Waals surface area (Å²) >= 11 is 0. The number of carbonyl (C=O) groups excluding carboxylic acids is 2. The molecule has 0 atom stereocenters. The molecule has 0 unspecified atom stereocenters. The van der Waals surface area contributed by atoms with Gasteiger partial charge in [0, 0.05) is 20.7 Å². The van der Waals surface area contributed by atoms with Crippen LogP contribution < -0.4 is 11.1 Å². The molecule has 1 heterocycles. The summed E-state index contributed by atoms with van der Waals surface area (Å²) in [6.07, 6.45) is 0. The van der Waals surface area contributed by atoms with Gasteiger partial charge in [0.15, 0.2) is 5.69 Å². The van der Waals surface area contributed by atoms with Gasteiger partial charge in [-0.25, -0.2) is 0 Å². The monoisotopic (exact) mass is 297 g/mol. The third kappa shape index (κ3) is 4.45. The molecule has 21 heavy (non-hydrogen) atoms. The standard InChI is InChI=1S/C13H23N5O3/c1-8(2)11-10(14)12(17-16-11)13(20)18(3)7-9(19)15-5-6-21-4/h8H,5-7,14H2,1-4H3,(H,15,19)(H,16,17). The van der Waals surface area contributed by atoms with Crippen LogP contribution >= 0.6 is 0 Å². The number of rotatable bonds is 7. The lowest BCUT2D eigenvalue weighted by molar-refractivity contribution is -0.121. The number of methoxy groups -OCH3 is 1. The third-order valence-electron chi connectivity index (χ3n) is 2.97. The third-order valence-corrected chi connectivity index (χ3v) is 2.97. The zero-order valence-corrected chi connectivity index (χ0v) is 12.9. The molecule has 0 fully saturated rings. The van der Waals surface area contributed by atoms with Crippen molar-refractivity contribution in [3.05, 3.63) is 11.4 Å². The van der Waals surface area contributed by atoms with Gasteiger partial charge in [-0.15, -0.1) is 0 Å². The van der Waals surface area contributed by atoms with Crippen molar-refractivity contribution in [1.82, 2.24) is 20.4 Å². The van der Waals surface area contributed by atoms with Crippen molar-refractivity contribution in [2.75, 3.05) is 39.6 Å². The van der Waals surface area contributed by atoms with Gasteiger partial charge in [0.1, 0.15) is 0 Å². The molecule has 118 valence electrons. The predicted octanol–water partition coefficient (Wildman–Crippen LogP) is -0.0501. The van der Waals surface area contributed by atoms with Gasteiger partial charge in [-0.05, 0) is 5.92 Å². The molecule has 0 spiro atoms. The van der Waals surface area contributed by atoms with Crippen LogP contribution in [0.3, 0.4) is 0 Å². The van der Waals surface area contributed by atoms with Crippen molar-refractivity contribution in [1.29, 1.82) is 0 Å². The fourth-order valence-corrected chi connectivity index (χ4v) is 1.78. The van der Waals surface area contributed by atoms with Crippen molar-refractivity contribution in [2.45, 2.75) is 19.8 Å². The number of likely N-dealkylation sites (N-methyl/N-ethyl adjacent to an activating group) is 1. The zero-order chi connectivity index (χ0) is 16.0. The molecule has 0 aliphatic heterocycles. The number of nitrogen functional groups attached to an aromatic ring is 1. The second-order valence-corrected chi connectivity index (χ2v) is 5.06. The van der Waals surface area contributed by atoms with Gasteiger partial charge in [-0.1, -0.05) is 13.8 Å². The molecule has 0 radical (unpaired) electrons. The van der Waals surface area contributed by atoms with Crippen LogP contribution in [-0.4, -0.2) is 60.8 Å². The number of amides is 2. The maximum absolute atomic E-state index is 12.2. The Kier molecular flexibility index (Phi) is 6.16. The first-order chi connectivity index (χ1) is 9.88. The Morgan fingerprint density at radius 2 is 2.14 bits per heavy atom. The molecule has 1 aromatic rings. The first-order valence-electron chi connectivity index (χ1n) is 6.73. The maximum atomic E-state index is 12.2. The van der Waals surface area contributed by atoms with E-state index in [1.165, 1.54) is 11.9 Å². The highest BCUT2D eigenvalue weighted by Gasteiger charge is 2.22. The number of H-pyrrole nitrogens is 1. The van der Waals surface area contributed by atoms with E-state index in [4.69, 9.17) is 10.5 Å². The Morgan fingerprint density at radius 1 is 1.48 bits per heavy atom. The fourth-order valence-electron chi connectivity index (χ4n) is 1.78. The van der Waals surface area contributed by atoms with E-state index < -0.39 is 5.91 Å². The molecular weight excluding hydrogens is 274 g/mol. The summed E-state index contributed by atoms with van der Waals surface area (Å²) in [5.74, 6) is -0.514. The van der Waals surface area contributed by atoms with Crippen LogP contribution in [0.5, 0.6) is 0 Å². The van der Waals surface area contributed by atoms with E-state index in [1.54, 1.807) is 7.11 Å². The highest BCUT2D eigenvalue weighted by Crippen LogP contribution is 2.22. The van der Waals surface area contributed by atoms with Crippen molar-refractivity contribution in [2.24, 2.45) is 0 Å². The average Bonchev–Trinajstić information content (AvgIpc) is 2.80. The van der Waals surface area contributed by atoms with Gasteiger partial charge in [0.25, 0.3) is 5.91 Å². The summed E-state index contributed by atoms with van der Waals surface area (Å²) in [6, 6.07) is 0. The SMILES string of the molecule is COCCNC(=O)CN(C)C(=O)c1n[nH]c(C(C)C)c1N. The lowest BCUT2D eigenvalue weighted by atomic mass is 10.1. The molecule has 4 N–H and O–H groups in total. The van der Waals surface area contributed by atoms with Gasteiger partial charge >= 0.3 is 0 Å². The fraction of sp³-hybridized carbons (Fsp3) is 0.615. The van der Waals surface area contributed by atoms with Crippen LogP contribution in [0.2, 0.25) is 0 Å². The van der Waals surface area contributed by atoms with Gasteiger partial charge in [-0.2, -0.15) is 5.10 Å². The Balaban J connectivity index is 2.64. The molecular formula is C13H23N5O3. The largest absolute Gasteiger partial charge is 0.395 e. The van der Waals surface area contributed by atoms with Gasteiger partial charge in [0.05, 0.1) is 24.5 Å². The smallest absolute Gasteiger partial charge is 0.276 e. The first-order valence-corrected chi connectivity index (χ1v) is 6.73. The lowest BCUT2D eigenvalue weighted by Crippen LogP contribution is -2.39. The number of hydrogen-bond donors (Lipinski definition) is 3. The number of aromatic nitrogens is 2. The molecule has 0 aromatic carbocycles. The summed E-state index contributed by atoms with van der Waals surface area (Å²) in [4.78, 5) is 25.1. The van der Waals surface area contributed by atoms with E-state index in [2.05, 4.69) is 15.5 Å². The lowest BCUT2D eigenvalue weighted by Gasteiger charge is -2.16. The number of hydrogen-bond acceptors (Lipinski definition) is 5. The van der Waals surface area contributed by atoms with Gasteiger partial charge < -0.3 is 20.7 Å². The van der Waals surface area contributed by atoms with Gasteiger partial charge in [-0.3, -0.25) is 14.7 Å². The van der Waals surface area contributed by atoms with Crippen LogP contribution in [-0.2, 0) is 9.53 Å². The average molecular weight is 297 g/mol. The summed E-state index contributed by atoms with van der Waals surface area (Å²) in [6.45, 7) is 4.66. The minimum atomic E-state index is -0.391. The molecule has 0 saturated heterocycles. The van der Waals surface area contributed by atoms with Crippen molar-refractivity contribution in [3.63, 3.8) is 0 Å². The second-order valence-electron chi connectivity index (χ2n) is 5.06. The van der Waals surface area contributed by atoms with E-state index in [0.717, 1.165) is 5.69 Å². The highest BCUT2D eigenvalue weighted by atomic mass is 16.5. The highest BCUT2D eigenvalue weighted by molar-refractivity contribution is 5.99. The number of carbonyl (C=O) groups is 2. The van der Waals surface area contributed by atoms with Crippen molar-refractivity contribution >= 4 is 17.5 Å². The summed E-state index contributed by atoms with van der Waals surface area (Å²) in [7, 11) is 3.08. The number of ether oxygens (including phenoxy) is 1. The number of anilines is 1. The van der Waals surface area contributed by atoms with Crippen LogP contribution in [0.4, 0.5) is 5.69 Å². The zero-order valence-electron chi connectivity index (χ0n) is 12.9. The molecule has 1 rings (SSSR count). The second kappa shape index (κ2) is 7.63. The minimum absolute atomic E-state index is 0.0636. The number of aromatic amines is 1. The first kappa shape index (κ1) is 17.0. The Labute approximate surface area is 124 Å². The van der Waals surface area contributed by atoms with E-state index >= 15 is 0 Å². The quantitative estimate of drug-likeness (QED) is 0.611. The minimum Gasteiger partial charge on any atom is -0.395 e. The Bertz CT molecular complexity index is 498. The maximum Gasteiger partial charge on any atom is 0.276 e. The van der Waals surface area contributed by atoms with Crippen molar-refractivity contribution < 1.29 is 14.3 Å². The molecule has 0 aliphatic carbocycles. The van der Waals surface area contributed by atoms with Gasteiger partial charge in [0.2, 0.25) is 5.91 Å². The summed E-state index contributed by atoms with van der Waals surface area (Å²) < 4.78 is 4.83. The van der Waals surface area contributed by atoms with Crippen LogP contribution in [0, 0.1) is 0 Å². The predicted molar refractivity (Wildman–Crippen MR) is 78.9 cm³/mol. The number of nitrogens with one attached hydrogen (secondary N) is 2.